The Morgan fingerprint density at radius 3 is 2.02 bits per heavy atom. The van der Waals surface area contributed by atoms with E-state index in [9.17, 15) is 24.9 Å². The van der Waals surface area contributed by atoms with E-state index in [1.54, 1.807) is 13.0 Å². The van der Waals surface area contributed by atoms with E-state index >= 15 is 0 Å². The second-order valence-corrected chi connectivity index (χ2v) is 14.8. The van der Waals surface area contributed by atoms with E-state index in [0.717, 1.165) is 19.3 Å². The summed E-state index contributed by atoms with van der Waals surface area (Å²) >= 11 is 0. The van der Waals surface area contributed by atoms with Gasteiger partial charge in [0.15, 0.2) is 5.78 Å². The minimum Gasteiger partial charge on any atom is -0.458 e. The molecule has 4 aliphatic carbocycles. The maximum atomic E-state index is 13.2. The van der Waals surface area contributed by atoms with Crippen LogP contribution in [0.4, 0.5) is 0 Å². The molecule has 42 heavy (non-hydrogen) atoms. The third-order valence-corrected chi connectivity index (χ3v) is 11.7. The summed E-state index contributed by atoms with van der Waals surface area (Å²) in [5, 5.41) is 34.2. The predicted octanol–water partition coefficient (Wildman–Crippen LogP) is 6.99. The van der Waals surface area contributed by atoms with E-state index in [4.69, 9.17) is 4.74 Å². The Morgan fingerprint density at radius 1 is 0.929 bits per heavy atom. The molecule has 4 aliphatic rings. The monoisotopic (exact) mass is 586 g/mol. The van der Waals surface area contributed by atoms with Crippen molar-refractivity contribution in [2.24, 2.45) is 29.1 Å². The van der Waals surface area contributed by atoms with Crippen molar-refractivity contribution in [2.75, 3.05) is 6.61 Å². The fraction of sp³-hybridized carbons (Fsp3) is 0.833. The molecular formula is C36H58O6. The molecule has 0 aliphatic heterocycles. The lowest BCUT2D eigenvalue weighted by Gasteiger charge is -2.50. The summed E-state index contributed by atoms with van der Waals surface area (Å²) in [4.78, 5) is 26.2. The number of hydrogen-bond acceptors (Lipinski definition) is 6. The summed E-state index contributed by atoms with van der Waals surface area (Å²) in [7, 11) is 0. The number of fused-ring (bicyclic) bond motifs is 5. The van der Waals surface area contributed by atoms with Crippen LogP contribution in [0.5, 0.6) is 0 Å². The summed E-state index contributed by atoms with van der Waals surface area (Å²) in [6.45, 7) is 9.80. The van der Waals surface area contributed by atoms with Gasteiger partial charge in [0.1, 0.15) is 11.2 Å². The number of aliphatic hydroxyl groups excluding tert-OH is 1. The highest BCUT2D eigenvalue weighted by atomic mass is 16.6. The molecule has 0 aromatic carbocycles. The van der Waals surface area contributed by atoms with Gasteiger partial charge in [0, 0.05) is 36.0 Å². The van der Waals surface area contributed by atoms with Crippen LogP contribution in [0.25, 0.3) is 0 Å². The van der Waals surface area contributed by atoms with Crippen LogP contribution in [-0.4, -0.2) is 50.5 Å². The highest BCUT2D eigenvalue weighted by Crippen LogP contribution is 2.76. The van der Waals surface area contributed by atoms with Gasteiger partial charge in [-0.3, -0.25) is 9.59 Å². The topological polar surface area (TPSA) is 104 Å². The van der Waals surface area contributed by atoms with Crippen LogP contribution < -0.4 is 0 Å². The summed E-state index contributed by atoms with van der Waals surface area (Å²) in [5.41, 5.74) is -3.20. The molecule has 0 radical (unpaired) electrons. The number of esters is 1. The quantitative estimate of drug-likeness (QED) is 0.102. The van der Waals surface area contributed by atoms with E-state index in [-0.39, 0.29) is 42.0 Å². The van der Waals surface area contributed by atoms with Crippen molar-refractivity contribution in [3.05, 3.63) is 23.3 Å². The molecule has 6 heteroatoms. The number of rotatable bonds is 16. The van der Waals surface area contributed by atoms with Gasteiger partial charge in [-0.15, -0.1) is 0 Å². The van der Waals surface area contributed by atoms with Gasteiger partial charge >= 0.3 is 5.97 Å². The third-order valence-electron chi connectivity index (χ3n) is 11.7. The van der Waals surface area contributed by atoms with Crippen LogP contribution in [0.15, 0.2) is 23.3 Å². The van der Waals surface area contributed by atoms with Crippen LogP contribution in [-0.2, 0) is 14.3 Å². The Morgan fingerprint density at radius 2 is 1.48 bits per heavy atom. The summed E-state index contributed by atoms with van der Waals surface area (Å²) in [6, 6.07) is 0. The normalized spacial score (nSPS) is 36.3. The smallest absolute Gasteiger partial charge is 0.306 e. The Labute approximate surface area is 254 Å². The Kier molecular flexibility index (Phi) is 10.5. The molecule has 0 amide bonds. The van der Waals surface area contributed by atoms with Crippen molar-refractivity contribution in [1.82, 2.24) is 0 Å². The molecule has 2 saturated carbocycles. The number of unbranched alkanes of at least 4 members (excludes halogenated alkanes) is 12. The van der Waals surface area contributed by atoms with Gasteiger partial charge in [-0.1, -0.05) is 117 Å². The van der Waals surface area contributed by atoms with Crippen molar-refractivity contribution in [1.29, 1.82) is 0 Å². The standard InChI is InChI=1S/C36H58O6/c1-6-7-8-9-10-11-12-13-14-15-16-17-18-19-30(38)42-35-22-26(3)36(41)28(31(35)33(35,4)5)21-27(24-37)23-34(40)29(36)20-25(2)32(34)39/h20-21,26,28-29,31,37,40-41H,6-19,22-24H2,1-5H3/t26-,28+,29-,31-,34-,35+,36-/m1/s1. The number of aliphatic hydroxyl groups is 3. The first-order valence-electron chi connectivity index (χ1n) is 17.1. The third kappa shape index (κ3) is 5.94. The number of ketones is 1. The van der Waals surface area contributed by atoms with Crippen LogP contribution >= 0.6 is 0 Å². The van der Waals surface area contributed by atoms with Gasteiger partial charge in [-0.25, -0.2) is 0 Å². The number of carbonyl (C=O) groups excluding carboxylic acids is 2. The lowest BCUT2D eigenvalue weighted by atomic mass is 9.60. The zero-order valence-corrected chi connectivity index (χ0v) is 27.1. The lowest BCUT2D eigenvalue weighted by molar-refractivity contribution is -0.187. The molecule has 7 atom stereocenters. The minimum absolute atomic E-state index is 0.00531. The largest absolute Gasteiger partial charge is 0.458 e. The number of Topliss-reactive ketones (excluding diaryl/α,β-unsaturated/α-hetero) is 1. The van der Waals surface area contributed by atoms with E-state index in [1.165, 1.54) is 64.2 Å². The number of hydrogen-bond donors (Lipinski definition) is 3. The van der Waals surface area contributed by atoms with Crippen molar-refractivity contribution in [3.8, 4) is 0 Å². The predicted molar refractivity (Wildman–Crippen MR) is 166 cm³/mol. The molecule has 238 valence electrons. The Balaban J connectivity index is 1.30. The van der Waals surface area contributed by atoms with Gasteiger partial charge in [0.25, 0.3) is 0 Å². The van der Waals surface area contributed by atoms with Crippen LogP contribution in [0.1, 0.15) is 137 Å². The zero-order chi connectivity index (χ0) is 30.8. The summed E-state index contributed by atoms with van der Waals surface area (Å²) < 4.78 is 6.34. The molecule has 0 bridgehead atoms. The van der Waals surface area contributed by atoms with Crippen LogP contribution in [0, 0.1) is 29.1 Å². The molecule has 2 fully saturated rings. The van der Waals surface area contributed by atoms with Crippen molar-refractivity contribution in [2.45, 2.75) is 154 Å². The zero-order valence-electron chi connectivity index (χ0n) is 27.1. The Bertz CT molecular complexity index is 1040. The van der Waals surface area contributed by atoms with Crippen LogP contribution in [0.3, 0.4) is 0 Å². The van der Waals surface area contributed by atoms with Crippen LogP contribution in [0.2, 0.25) is 0 Å². The molecule has 4 rings (SSSR count). The first-order valence-corrected chi connectivity index (χ1v) is 17.1. The average molecular weight is 587 g/mol. The van der Waals surface area contributed by atoms with Gasteiger partial charge < -0.3 is 20.1 Å². The first-order chi connectivity index (χ1) is 19.9. The second-order valence-electron chi connectivity index (χ2n) is 14.8. The summed E-state index contributed by atoms with van der Waals surface area (Å²) in [5.74, 6) is -2.25. The SMILES string of the molecule is CCCCCCCCCCCCCCCC(=O)O[C@@]12C[C@@H](C)[C@@]3(O)[C@@H](C=C(CO)C[C@]4(O)C(=O)C(C)=C[C@@H]34)[C@@H]1C2(C)C. The fourth-order valence-corrected chi connectivity index (χ4v) is 9.14. The molecule has 0 heterocycles. The van der Waals surface area contributed by atoms with Gasteiger partial charge in [-0.2, -0.15) is 0 Å². The molecule has 0 unspecified atom stereocenters. The number of carbonyl (C=O) groups is 2. The maximum absolute atomic E-state index is 13.2. The van der Waals surface area contributed by atoms with E-state index in [0.29, 0.717) is 24.0 Å². The van der Waals surface area contributed by atoms with Crippen molar-refractivity contribution < 1.29 is 29.6 Å². The average Bonchev–Trinajstić information content (AvgIpc) is 3.34. The highest BCUT2D eigenvalue weighted by Gasteiger charge is 2.83. The lowest BCUT2D eigenvalue weighted by Crippen LogP contribution is -2.61. The first kappa shape index (κ1) is 33.4. The minimum atomic E-state index is -1.76. The van der Waals surface area contributed by atoms with Crippen molar-refractivity contribution >= 4 is 11.8 Å². The summed E-state index contributed by atoms with van der Waals surface area (Å²) in [6.07, 6.45) is 20.9. The molecule has 0 spiro atoms. The molecule has 0 aromatic rings. The number of ether oxygens (including phenoxy) is 1. The molecule has 0 saturated heterocycles. The second kappa shape index (κ2) is 13.2. The van der Waals surface area contributed by atoms with E-state index in [2.05, 4.69) is 20.8 Å². The van der Waals surface area contributed by atoms with E-state index < -0.39 is 28.6 Å². The molecule has 6 nitrogen and oxygen atoms in total. The van der Waals surface area contributed by atoms with Gasteiger partial charge in [0.2, 0.25) is 0 Å². The van der Waals surface area contributed by atoms with Gasteiger partial charge in [0.05, 0.1) is 12.2 Å². The molecular weight excluding hydrogens is 528 g/mol. The van der Waals surface area contributed by atoms with Crippen molar-refractivity contribution in [3.63, 3.8) is 0 Å². The highest BCUT2D eigenvalue weighted by molar-refractivity contribution is 6.04. The molecule has 3 N–H and O–H groups in total. The fourth-order valence-electron chi connectivity index (χ4n) is 9.14. The maximum Gasteiger partial charge on any atom is 0.306 e. The van der Waals surface area contributed by atoms with Gasteiger partial charge in [-0.05, 0) is 36.8 Å². The Hall–Kier alpha value is -1.50. The molecule has 0 aromatic heterocycles. The van der Waals surface area contributed by atoms with E-state index in [1.807, 2.05) is 13.0 Å².